The monoisotopic (exact) mass is 607 g/mol. The van der Waals surface area contributed by atoms with Crippen LogP contribution in [0.3, 0.4) is 0 Å². The van der Waals surface area contributed by atoms with Gasteiger partial charge in [-0.2, -0.15) is 19.8 Å². The Kier molecular flexibility index (Phi) is 1200. The maximum absolute atomic E-state index is 0. The van der Waals surface area contributed by atoms with Crippen molar-refractivity contribution in [2.24, 2.45) is 0 Å². The van der Waals surface area contributed by atoms with E-state index in [0.717, 1.165) is 0 Å². The summed E-state index contributed by atoms with van der Waals surface area (Å²) < 4.78 is 0. The van der Waals surface area contributed by atoms with Crippen LogP contribution in [-0.4, -0.2) is 0 Å². The molecule has 0 aromatic carbocycles. The largest absolute Gasteiger partial charge is 0.153 e. The van der Waals surface area contributed by atoms with Gasteiger partial charge in [0, 0.05) is 186 Å². The Balaban J connectivity index is 0. The van der Waals surface area contributed by atoms with Crippen molar-refractivity contribution in [3.63, 3.8) is 0 Å². The molecule has 0 spiro atoms. The summed E-state index contributed by atoms with van der Waals surface area (Å²) in [6.45, 7) is 0. The van der Waals surface area contributed by atoms with E-state index in [2.05, 4.69) is 0 Å². The van der Waals surface area contributed by atoms with E-state index in [1.165, 1.54) is 0 Å². The van der Waals surface area contributed by atoms with Crippen LogP contribution in [0.25, 0.3) is 0 Å². The molecule has 0 aromatic heterocycles. The molecule has 2 unspecified atom stereocenters. The van der Waals surface area contributed by atoms with Crippen LogP contribution in [0.15, 0.2) is 0 Å². The molecule has 2 atom stereocenters. The van der Waals surface area contributed by atoms with Crippen molar-refractivity contribution in [2.45, 2.75) is 0 Å². The second kappa shape index (κ2) is 110. The van der Waals surface area contributed by atoms with Gasteiger partial charge in [-0.3, -0.25) is 0 Å². The first kappa shape index (κ1) is 131. The van der Waals surface area contributed by atoms with E-state index < -0.39 is 0 Å². The van der Waals surface area contributed by atoms with E-state index in [-0.39, 0.29) is 206 Å². The first-order valence-corrected chi connectivity index (χ1v) is 0. The van der Waals surface area contributed by atoms with Gasteiger partial charge in [0.2, 0.25) is 0 Å². The van der Waals surface area contributed by atoms with Crippen molar-refractivity contribution in [2.75, 3.05) is 0 Å². The van der Waals surface area contributed by atoms with Crippen molar-refractivity contribution < 1.29 is 186 Å². The molecule has 0 aliphatic heterocycles. The molecular weight excluding hydrogens is 606 g/mol. The van der Waals surface area contributed by atoms with Crippen molar-refractivity contribution in [1.29, 1.82) is 0 Å². The molecule has 0 aliphatic rings. The summed E-state index contributed by atoms with van der Waals surface area (Å²) in [5.41, 5.74) is 0. The van der Waals surface area contributed by atoms with E-state index in [9.17, 15) is 0 Å². The van der Waals surface area contributed by atoms with Gasteiger partial charge in [-0.1, -0.05) is 0 Å². The average molecular weight is 612 g/mol. The maximum Gasteiger partial charge on any atom is 0 e. The summed E-state index contributed by atoms with van der Waals surface area (Å²) in [6, 6.07) is 0. The second-order valence-electron chi connectivity index (χ2n) is 0. The van der Waals surface area contributed by atoms with Crippen LogP contribution < -0.4 is 0 Å². The van der Waals surface area contributed by atoms with E-state index in [4.69, 9.17) is 0 Å². The minimum atomic E-state index is 0. The van der Waals surface area contributed by atoms with E-state index in [0.29, 0.717) is 0 Å². The van der Waals surface area contributed by atoms with Crippen molar-refractivity contribution in [3.8, 4) is 0 Å². The van der Waals surface area contributed by atoms with Gasteiger partial charge in [0.15, 0.2) is 0 Å². The maximum atomic E-state index is 0. The fourth-order valence-corrected chi connectivity index (χ4v) is 0. The molecule has 12 heteroatoms. The Bertz CT molecular complexity index is 17.5. The Hall–Kier alpha value is 6.68. The molecule has 0 aromatic rings. The average Bonchev–Trinajstić information content (AvgIpc) is 0. The summed E-state index contributed by atoms with van der Waals surface area (Å²) in [6.07, 6.45) is 0. The number of rotatable bonds is 0. The van der Waals surface area contributed by atoms with Crippen molar-refractivity contribution >= 4 is 19.8 Å². The number of hydrogen-bond acceptors (Lipinski definition) is 0. The van der Waals surface area contributed by atoms with Gasteiger partial charge in [0.25, 0.3) is 0 Å². The summed E-state index contributed by atoms with van der Waals surface area (Å²) in [5.74, 6) is 0. The van der Waals surface area contributed by atoms with E-state index >= 15 is 0 Å². The van der Waals surface area contributed by atoms with Gasteiger partial charge < -0.3 is 0 Å². The first-order valence-electron chi connectivity index (χ1n) is 0. The van der Waals surface area contributed by atoms with Gasteiger partial charge in [-0.05, 0) is 0 Å². The molecule has 0 N–H and O–H groups in total. The van der Waals surface area contributed by atoms with Gasteiger partial charge in [-0.15, -0.1) is 0 Å². The van der Waals surface area contributed by atoms with Crippen LogP contribution in [0.4, 0.5) is 0 Å². The minimum absolute atomic E-state index is 0. The topological polar surface area (TPSA) is 0 Å². The quantitative estimate of drug-likeness (QED) is 0.270. The third kappa shape index (κ3) is 91.9. The van der Waals surface area contributed by atoms with Crippen LogP contribution in [0.1, 0.15) is 0 Å². The Morgan fingerprint density at radius 2 is 0.250 bits per heavy atom. The van der Waals surface area contributed by atoms with Gasteiger partial charge >= 0.3 is 0 Å². The molecule has 0 amide bonds. The summed E-state index contributed by atoms with van der Waals surface area (Å²) in [7, 11) is 0. The molecule has 0 fully saturated rings. The normalized spacial score (nSPS) is 0. The van der Waals surface area contributed by atoms with Crippen LogP contribution in [0.2, 0.25) is 0 Å². The van der Waals surface area contributed by atoms with E-state index in [1.807, 2.05) is 0 Å². The molecule has 0 nitrogen and oxygen atoms in total. The number of hydrogen-bond donors (Lipinski definition) is 0. The van der Waals surface area contributed by atoms with Crippen molar-refractivity contribution in [3.05, 3.63) is 0 Å². The van der Waals surface area contributed by atoms with E-state index in [1.54, 1.807) is 0 Å². The fraction of sp³-hybridized carbons (Fsp3) is 0. The Morgan fingerprint density at radius 3 is 0.250 bits per heavy atom. The predicted octanol–water partition coefficient (Wildman–Crippen LogP) is 0.0912. The fourth-order valence-electron chi connectivity index (χ4n) is 0. The molecule has 0 heterocycles. The molecule has 92 valence electrons. The minimum Gasteiger partial charge on any atom is -0.153 e. The van der Waals surface area contributed by atoms with Crippen LogP contribution in [-0.2, 0) is 186 Å². The third-order valence-electron chi connectivity index (χ3n) is 0. The summed E-state index contributed by atoms with van der Waals surface area (Å²) >= 11 is 0. The Labute approximate surface area is 201 Å². The SMILES string of the molecule is P.P.[Ni].[Ni].[Ni].[Ni].[Ni].[Ni].[Ti].[Ti].[Ti].[Ti]. The third-order valence-corrected chi connectivity index (χ3v) is 0. The van der Waals surface area contributed by atoms with Gasteiger partial charge in [-0.25, -0.2) is 0 Å². The second-order valence-corrected chi connectivity index (χ2v) is 0. The zero-order valence-corrected chi connectivity index (χ0v) is 20.3. The Morgan fingerprint density at radius 1 is 0.250 bits per heavy atom. The summed E-state index contributed by atoms with van der Waals surface area (Å²) in [4.78, 5) is 0. The predicted molar refractivity (Wildman–Crippen MR) is 22.2 cm³/mol. The van der Waals surface area contributed by atoms with Crippen molar-refractivity contribution in [1.82, 2.24) is 0 Å². The van der Waals surface area contributed by atoms with Crippen LogP contribution in [0.5, 0.6) is 0 Å². The van der Waals surface area contributed by atoms with Gasteiger partial charge in [0.05, 0.1) is 0 Å². The standard InChI is InChI=1S/6Ni.2H3P.4Ti/h;;;;;;2*1H3;;;;. The molecule has 12 heavy (non-hydrogen) atoms. The zero-order chi connectivity index (χ0) is 0. The zero-order valence-electron chi connectivity index (χ0n) is 5.31. The van der Waals surface area contributed by atoms with Crippen LogP contribution in [0, 0.1) is 0 Å². The first-order chi connectivity index (χ1) is 0. The molecule has 0 radical (unpaired) electrons. The molecule has 0 aliphatic carbocycles. The van der Waals surface area contributed by atoms with Crippen LogP contribution >= 0.6 is 19.8 Å². The van der Waals surface area contributed by atoms with Gasteiger partial charge in [0.1, 0.15) is 0 Å². The smallest absolute Gasteiger partial charge is 0 e. The molecule has 0 saturated carbocycles. The molecule has 0 bridgehead atoms. The summed E-state index contributed by atoms with van der Waals surface area (Å²) in [5, 5.41) is 0. The molecular formula is H6Ni6P2Ti4. The molecule has 0 rings (SSSR count). The molecule has 0 saturated heterocycles.